The van der Waals surface area contributed by atoms with Crippen LogP contribution < -0.4 is 25.6 Å². The molecule has 2 aromatic carbocycles. The van der Waals surface area contributed by atoms with Crippen LogP contribution in [-0.2, 0) is 15.7 Å². The van der Waals surface area contributed by atoms with Crippen LogP contribution in [0.4, 0.5) is 47.7 Å². The molecule has 1 spiro atoms. The fourth-order valence-corrected chi connectivity index (χ4v) is 4.77. The molecule has 2 fully saturated rings. The lowest BCUT2D eigenvalue weighted by Gasteiger charge is -2.47. The van der Waals surface area contributed by atoms with Gasteiger partial charge in [-0.15, -0.1) is 0 Å². The highest BCUT2D eigenvalue weighted by Crippen LogP contribution is 2.41. The van der Waals surface area contributed by atoms with Crippen molar-refractivity contribution in [3.8, 4) is 5.75 Å². The lowest BCUT2D eigenvalue weighted by molar-refractivity contribution is -0.137. The summed E-state index contributed by atoms with van der Waals surface area (Å²) >= 11 is 0. The maximum absolute atomic E-state index is 13.8. The number of methoxy groups -OCH3 is 1. The number of hydrogen-bond acceptors (Lipinski definition) is 8. The number of rotatable bonds is 8. The first-order valence-electron chi connectivity index (χ1n) is 12.7. The van der Waals surface area contributed by atoms with E-state index in [1.54, 1.807) is 24.3 Å². The molecule has 2 aliphatic heterocycles. The molecule has 3 aromatic rings. The van der Waals surface area contributed by atoms with Crippen molar-refractivity contribution >= 4 is 40.4 Å². The lowest BCUT2D eigenvalue weighted by atomic mass is 9.77. The van der Waals surface area contributed by atoms with E-state index < -0.39 is 23.5 Å². The number of piperidine rings is 1. The van der Waals surface area contributed by atoms with Crippen molar-refractivity contribution in [1.29, 1.82) is 0 Å². The second-order valence-electron chi connectivity index (χ2n) is 9.84. The van der Waals surface area contributed by atoms with Gasteiger partial charge in [-0.2, -0.15) is 18.2 Å². The third-order valence-electron chi connectivity index (χ3n) is 7.11. The predicted molar refractivity (Wildman–Crippen MR) is 147 cm³/mol. The van der Waals surface area contributed by atoms with E-state index in [1.807, 2.05) is 12.1 Å². The van der Waals surface area contributed by atoms with Crippen LogP contribution in [0.15, 0.2) is 61.3 Å². The third kappa shape index (κ3) is 5.96. The maximum Gasteiger partial charge on any atom is 0.421 e. The van der Waals surface area contributed by atoms with Crippen LogP contribution in [0.5, 0.6) is 5.75 Å². The molecular formula is C28H29F3N6O3. The Morgan fingerprint density at radius 1 is 1.12 bits per heavy atom. The standard InChI is InChI=1S/C28H29F3N6O3/c1-3-24(38)33-18-5-4-6-19(13-18)34-25-21(28(29,30)31)15-32-26(36-25)35-22-8-7-20(14-23(22)39-2)37-11-9-27(10-12-37)16-40-17-27/h3-8,13-15H,1,9-12,16-17H2,2H3,(H,33,38)(H2,32,34,35,36). The average molecular weight is 555 g/mol. The summed E-state index contributed by atoms with van der Waals surface area (Å²) in [5.41, 5.74) is 1.44. The van der Waals surface area contributed by atoms with Gasteiger partial charge in [-0.3, -0.25) is 4.79 Å². The van der Waals surface area contributed by atoms with Crippen molar-refractivity contribution in [2.24, 2.45) is 5.41 Å². The van der Waals surface area contributed by atoms with Crippen LogP contribution in [0.2, 0.25) is 0 Å². The molecule has 0 radical (unpaired) electrons. The van der Waals surface area contributed by atoms with E-state index in [9.17, 15) is 18.0 Å². The molecule has 3 N–H and O–H groups in total. The number of nitrogens with zero attached hydrogens (tertiary/aromatic N) is 3. The van der Waals surface area contributed by atoms with Crippen LogP contribution in [0.25, 0.3) is 0 Å². The Kier molecular flexibility index (Phi) is 7.53. The zero-order chi connectivity index (χ0) is 28.3. The Labute approximate surface area is 229 Å². The summed E-state index contributed by atoms with van der Waals surface area (Å²) in [6.07, 6.45) is -0.761. The minimum Gasteiger partial charge on any atom is -0.494 e. The highest BCUT2D eigenvalue weighted by atomic mass is 19.4. The van der Waals surface area contributed by atoms with E-state index >= 15 is 0 Å². The molecule has 3 heterocycles. The fraction of sp³-hybridized carbons (Fsp3) is 0.321. The van der Waals surface area contributed by atoms with Gasteiger partial charge in [0.15, 0.2) is 0 Å². The average Bonchev–Trinajstić information content (AvgIpc) is 2.92. The van der Waals surface area contributed by atoms with Gasteiger partial charge in [-0.1, -0.05) is 12.6 Å². The second-order valence-corrected chi connectivity index (χ2v) is 9.84. The van der Waals surface area contributed by atoms with Crippen molar-refractivity contribution in [1.82, 2.24) is 9.97 Å². The Balaban J connectivity index is 1.36. The van der Waals surface area contributed by atoms with E-state index in [-0.39, 0.29) is 11.6 Å². The minimum atomic E-state index is -4.70. The van der Waals surface area contributed by atoms with Gasteiger partial charge < -0.3 is 30.3 Å². The summed E-state index contributed by atoms with van der Waals surface area (Å²) in [7, 11) is 1.53. The highest BCUT2D eigenvalue weighted by molar-refractivity contribution is 5.99. The molecule has 9 nitrogen and oxygen atoms in total. The number of hydrogen-bond donors (Lipinski definition) is 3. The molecule has 1 amide bonds. The molecule has 1 aromatic heterocycles. The number of amides is 1. The molecular weight excluding hydrogens is 525 g/mol. The van der Waals surface area contributed by atoms with Gasteiger partial charge in [0.2, 0.25) is 11.9 Å². The monoisotopic (exact) mass is 554 g/mol. The zero-order valence-corrected chi connectivity index (χ0v) is 21.8. The predicted octanol–water partition coefficient (Wildman–Crippen LogP) is 5.73. The quantitative estimate of drug-likeness (QED) is 0.304. The normalized spacial score (nSPS) is 16.1. The number of nitrogens with one attached hydrogen (secondary N) is 3. The molecule has 0 unspecified atom stereocenters. The van der Waals surface area contributed by atoms with Crippen molar-refractivity contribution in [2.75, 3.05) is 54.3 Å². The number of alkyl halides is 3. The second kappa shape index (κ2) is 11.0. The Morgan fingerprint density at radius 2 is 1.88 bits per heavy atom. The molecule has 0 atom stereocenters. The van der Waals surface area contributed by atoms with Gasteiger partial charge in [0.05, 0.1) is 26.0 Å². The molecule has 0 aliphatic carbocycles. The van der Waals surface area contributed by atoms with Gasteiger partial charge in [0.25, 0.3) is 0 Å². The summed E-state index contributed by atoms with van der Waals surface area (Å²) < 4.78 is 52.3. The van der Waals surface area contributed by atoms with Crippen LogP contribution in [0, 0.1) is 5.41 Å². The molecule has 2 saturated heterocycles. The molecule has 5 rings (SSSR count). The van der Waals surface area contributed by atoms with E-state index in [1.165, 1.54) is 13.2 Å². The summed E-state index contributed by atoms with van der Waals surface area (Å²) in [5, 5.41) is 8.25. The van der Waals surface area contributed by atoms with E-state index in [4.69, 9.17) is 9.47 Å². The van der Waals surface area contributed by atoms with Gasteiger partial charge in [0.1, 0.15) is 17.1 Å². The van der Waals surface area contributed by atoms with E-state index in [0.717, 1.165) is 57.1 Å². The maximum atomic E-state index is 13.8. The first-order chi connectivity index (χ1) is 19.2. The smallest absolute Gasteiger partial charge is 0.421 e. The van der Waals surface area contributed by atoms with Gasteiger partial charge in [-0.25, -0.2) is 4.98 Å². The molecule has 0 bridgehead atoms. The van der Waals surface area contributed by atoms with Crippen molar-refractivity contribution in [3.05, 3.63) is 66.9 Å². The first kappa shape index (κ1) is 27.3. The van der Waals surface area contributed by atoms with Crippen molar-refractivity contribution in [3.63, 3.8) is 0 Å². The van der Waals surface area contributed by atoms with Gasteiger partial charge >= 0.3 is 6.18 Å². The van der Waals surface area contributed by atoms with Crippen molar-refractivity contribution in [2.45, 2.75) is 19.0 Å². The van der Waals surface area contributed by atoms with Crippen LogP contribution in [-0.4, -0.2) is 49.3 Å². The molecule has 2 aliphatic rings. The van der Waals surface area contributed by atoms with Gasteiger partial charge in [0, 0.05) is 47.8 Å². The number of anilines is 6. The molecule has 210 valence electrons. The molecule has 12 heteroatoms. The third-order valence-corrected chi connectivity index (χ3v) is 7.11. The molecule has 40 heavy (non-hydrogen) atoms. The summed E-state index contributed by atoms with van der Waals surface area (Å²) in [6, 6.07) is 11.9. The Hall–Kier alpha value is -4.32. The van der Waals surface area contributed by atoms with Gasteiger partial charge in [-0.05, 0) is 49.2 Å². The lowest BCUT2D eigenvalue weighted by Crippen LogP contribution is -2.50. The fourth-order valence-electron chi connectivity index (χ4n) is 4.77. The van der Waals surface area contributed by atoms with Crippen LogP contribution >= 0.6 is 0 Å². The van der Waals surface area contributed by atoms with E-state index in [2.05, 4.69) is 37.4 Å². The number of carbonyl (C=O) groups is 1. The van der Waals surface area contributed by atoms with Crippen LogP contribution in [0.1, 0.15) is 18.4 Å². The Morgan fingerprint density at radius 3 is 2.52 bits per heavy atom. The number of aromatic nitrogens is 2. The largest absolute Gasteiger partial charge is 0.494 e. The van der Waals surface area contributed by atoms with E-state index in [0.29, 0.717) is 22.5 Å². The number of halogens is 3. The number of benzene rings is 2. The summed E-state index contributed by atoms with van der Waals surface area (Å²) in [5.74, 6) is -0.440. The number of carbonyl (C=O) groups excluding carboxylic acids is 1. The minimum absolute atomic E-state index is 0.0532. The highest BCUT2D eigenvalue weighted by Gasteiger charge is 2.41. The first-order valence-corrected chi connectivity index (χ1v) is 12.7. The summed E-state index contributed by atoms with van der Waals surface area (Å²) in [4.78, 5) is 21.9. The van der Waals surface area contributed by atoms with Crippen molar-refractivity contribution < 1.29 is 27.4 Å². The zero-order valence-electron chi connectivity index (χ0n) is 21.8. The molecule has 0 saturated carbocycles. The summed E-state index contributed by atoms with van der Waals surface area (Å²) in [6.45, 7) is 6.87. The van der Waals surface area contributed by atoms with Crippen LogP contribution in [0.3, 0.4) is 0 Å². The topological polar surface area (TPSA) is 101 Å². The number of ether oxygens (including phenoxy) is 2. The SMILES string of the molecule is C=CC(=O)Nc1cccc(Nc2nc(Nc3ccc(N4CCC5(CC4)COC5)cc3OC)ncc2C(F)(F)F)c1. The Bertz CT molecular complexity index is 1400.